The first-order chi connectivity index (χ1) is 13.9. The predicted molar refractivity (Wildman–Crippen MR) is 109 cm³/mol. The number of nitrogens with one attached hydrogen (secondary N) is 1. The van der Waals surface area contributed by atoms with Gasteiger partial charge in [-0.05, 0) is 76.0 Å². The number of rotatable bonds is 6. The number of esters is 1. The van der Waals surface area contributed by atoms with Gasteiger partial charge in [-0.15, -0.1) is 0 Å². The topological polar surface area (TPSA) is 75.7 Å². The average Bonchev–Trinajstić information content (AvgIpc) is 2.70. The van der Waals surface area contributed by atoms with E-state index in [4.69, 9.17) is 4.74 Å². The van der Waals surface area contributed by atoms with Crippen LogP contribution in [0.1, 0.15) is 77.6 Å². The summed E-state index contributed by atoms with van der Waals surface area (Å²) in [5.41, 5.74) is -0.266. The van der Waals surface area contributed by atoms with Crippen LogP contribution < -0.4 is 5.32 Å². The lowest BCUT2D eigenvalue weighted by molar-refractivity contribution is -0.160. The van der Waals surface area contributed by atoms with E-state index in [1.807, 2.05) is 0 Å². The van der Waals surface area contributed by atoms with Crippen molar-refractivity contribution in [3.05, 3.63) is 0 Å². The highest BCUT2D eigenvalue weighted by molar-refractivity contribution is 5.88. The van der Waals surface area contributed by atoms with Gasteiger partial charge >= 0.3 is 5.97 Å². The molecule has 6 nitrogen and oxygen atoms in total. The van der Waals surface area contributed by atoms with Crippen molar-refractivity contribution in [2.24, 2.45) is 23.2 Å². The van der Waals surface area contributed by atoms with Crippen molar-refractivity contribution in [3.63, 3.8) is 0 Å². The second-order valence-corrected chi connectivity index (χ2v) is 10.3. The molecule has 29 heavy (non-hydrogen) atoms. The molecule has 0 unspecified atom stereocenters. The Morgan fingerprint density at radius 1 is 1.00 bits per heavy atom. The Hall–Kier alpha value is -1.59. The Bertz CT molecular complexity index is 620. The number of hydrogen-bond acceptors (Lipinski definition) is 4. The van der Waals surface area contributed by atoms with Gasteiger partial charge in [0.1, 0.15) is 6.54 Å². The lowest BCUT2D eigenvalue weighted by Crippen LogP contribution is -2.54. The molecule has 0 radical (unpaired) electrons. The first-order valence-corrected chi connectivity index (χ1v) is 11.6. The Labute approximate surface area is 174 Å². The summed E-state index contributed by atoms with van der Waals surface area (Å²) in [5.74, 6) is 1.40. The summed E-state index contributed by atoms with van der Waals surface area (Å²) in [6.45, 7) is 1.48. The molecule has 5 aliphatic rings. The fourth-order valence-electron chi connectivity index (χ4n) is 6.95. The highest BCUT2D eigenvalue weighted by atomic mass is 16.5. The van der Waals surface area contributed by atoms with E-state index in [1.54, 1.807) is 18.9 Å². The number of nitrogens with zero attached hydrogens (tertiary/aromatic N) is 1. The van der Waals surface area contributed by atoms with Crippen molar-refractivity contribution < 1.29 is 19.1 Å². The van der Waals surface area contributed by atoms with E-state index in [1.165, 1.54) is 25.7 Å². The van der Waals surface area contributed by atoms with Gasteiger partial charge in [0, 0.05) is 18.5 Å². The van der Waals surface area contributed by atoms with Crippen molar-refractivity contribution in [1.82, 2.24) is 10.2 Å². The molecule has 0 aromatic heterocycles. The van der Waals surface area contributed by atoms with Gasteiger partial charge < -0.3 is 15.0 Å². The van der Waals surface area contributed by atoms with Crippen LogP contribution in [0.2, 0.25) is 0 Å². The summed E-state index contributed by atoms with van der Waals surface area (Å²) in [6, 6.07) is 0.244. The number of amides is 2. The Kier molecular flexibility index (Phi) is 5.90. The van der Waals surface area contributed by atoms with E-state index in [-0.39, 0.29) is 29.8 Å². The minimum absolute atomic E-state index is 0.0202. The van der Waals surface area contributed by atoms with Crippen LogP contribution in [0.3, 0.4) is 0 Å². The Morgan fingerprint density at radius 2 is 1.55 bits per heavy atom. The molecule has 162 valence electrons. The molecular formula is C23H36N2O4. The molecule has 0 aromatic carbocycles. The van der Waals surface area contributed by atoms with E-state index < -0.39 is 12.1 Å². The summed E-state index contributed by atoms with van der Waals surface area (Å²) in [6.07, 6.45) is 11.5. The van der Waals surface area contributed by atoms with Gasteiger partial charge in [-0.1, -0.05) is 19.3 Å². The number of hydrogen-bond donors (Lipinski definition) is 1. The molecule has 5 aliphatic carbocycles. The first kappa shape index (κ1) is 20.7. The SMILES string of the molecule is C[C@H](OC(=O)CNC(=O)C12CC3CC(CC(C3)C1)C2)C(=O)N(C)C1CCCCC1. The third-order valence-corrected chi connectivity index (χ3v) is 8.04. The first-order valence-electron chi connectivity index (χ1n) is 11.6. The molecule has 0 aliphatic heterocycles. The van der Waals surface area contributed by atoms with E-state index in [0.717, 1.165) is 44.9 Å². The van der Waals surface area contributed by atoms with Crippen LogP contribution in [-0.4, -0.2) is 48.4 Å². The van der Waals surface area contributed by atoms with E-state index in [0.29, 0.717) is 17.8 Å². The predicted octanol–water partition coefficient (Wildman–Crippen LogP) is 3.04. The summed E-state index contributed by atoms with van der Waals surface area (Å²) >= 11 is 0. The maximum Gasteiger partial charge on any atom is 0.326 e. The second kappa shape index (κ2) is 8.27. The smallest absolute Gasteiger partial charge is 0.326 e. The average molecular weight is 405 g/mol. The van der Waals surface area contributed by atoms with Crippen LogP contribution in [0.15, 0.2) is 0 Å². The number of likely N-dealkylation sites (N-methyl/N-ethyl adjacent to an activating group) is 1. The fraction of sp³-hybridized carbons (Fsp3) is 0.870. The summed E-state index contributed by atoms with van der Waals surface area (Å²) in [4.78, 5) is 39.6. The summed E-state index contributed by atoms with van der Waals surface area (Å²) < 4.78 is 5.35. The quantitative estimate of drug-likeness (QED) is 0.691. The molecule has 1 N–H and O–H groups in total. The molecular weight excluding hydrogens is 368 g/mol. The third kappa shape index (κ3) is 4.31. The minimum Gasteiger partial charge on any atom is -0.451 e. The molecule has 0 saturated heterocycles. The van der Waals surface area contributed by atoms with Crippen LogP contribution in [0.4, 0.5) is 0 Å². The monoisotopic (exact) mass is 404 g/mol. The van der Waals surface area contributed by atoms with Crippen LogP contribution >= 0.6 is 0 Å². The minimum atomic E-state index is -0.814. The largest absolute Gasteiger partial charge is 0.451 e. The van der Waals surface area contributed by atoms with Gasteiger partial charge in [0.05, 0.1) is 0 Å². The van der Waals surface area contributed by atoms with Gasteiger partial charge in [-0.25, -0.2) is 0 Å². The maximum atomic E-state index is 12.9. The third-order valence-electron chi connectivity index (χ3n) is 8.04. The van der Waals surface area contributed by atoms with Gasteiger partial charge in [0.15, 0.2) is 6.10 Å². The Balaban J connectivity index is 1.24. The maximum absolute atomic E-state index is 12.9. The summed E-state index contributed by atoms with van der Waals surface area (Å²) in [7, 11) is 1.80. The van der Waals surface area contributed by atoms with E-state index in [2.05, 4.69) is 5.32 Å². The van der Waals surface area contributed by atoms with E-state index >= 15 is 0 Å². The molecule has 4 bridgehead atoms. The van der Waals surface area contributed by atoms with Crippen molar-refractivity contribution in [2.45, 2.75) is 89.7 Å². The zero-order valence-electron chi connectivity index (χ0n) is 18.0. The van der Waals surface area contributed by atoms with Crippen molar-refractivity contribution in [3.8, 4) is 0 Å². The highest BCUT2D eigenvalue weighted by Crippen LogP contribution is 2.60. The normalized spacial score (nSPS) is 34.5. The fourth-order valence-corrected chi connectivity index (χ4v) is 6.95. The van der Waals surface area contributed by atoms with Crippen molar-refractivity contribution in [2.75, 3.05) is 13.6 Å². The molecule has 5 fully saturated rings. The molecule has 2 amide bonds. The van der Waals surface area contributed by atoms with Crippen LogP contribution in [-0.2, 0) is 19.1 Å². The lowest BCUT2D eigenvalue weighted by Gasteiger charge is -2.55. The Morgan fingerprint density at radius 3 is 2.10 bits per heavy atom. The second-order valence-electron chi connectivity index (χ2n) is 10.3. The van der Waals surface area contributed by atoms with Crippen molar-refractivity contribution >= 4 is 17.8 Å². The standard InChI is InChI=1S/C23H36N2O4/c1-15(21(27)25(2)19-6-4-3-5-7-19)29-20(26)14-24-22(28)23-11-16-8-17(12-23)10-18(9-16)13-23/h15-19H,3-14H2,1-2H3,(H,24,28)/t15-,16?,17?,18?,23?/m0/s1. The number of ether oxygens (including phenoxy) is 1. The van der Waals surface area contributed by atoms with Gasteiger partial charge in [0.25, 0.3) is 5.91 Å². The number of carbonyl (C=O) groups is 3. The van der Waals surface area contributed by atoms with Crippen LogP contribution in [0.5, 0.6) is 0 Å². The molecule has 0 spiro atoms. The summed E-state index contributed by atoms with van der Waals surface area (Å²) in [5, 5.41) is 2.84. The molecule has 5 saturated carbocycles. The zero-order chi connectivity index (χ0) is 20.6. The number of carbonyl (C=O) groups excluding carboxylic acids is 3. The highest BCUT2D eigenvalue weighted by Gasteiger charge is 2.54. The molecule has 0 heterocycles. The molecule has 5 rings (SSSR count). The van der Waals surface area contributed by atoms with Crippen molar-refractivity contribution in [1.29, 1.82) is 0 Å². The van der Waals surface area contributed by atoms with Crippen LogP contribution in [0.25, 0.3) is 0 Å². The molecule has 0 aromatic rings. The van der Waals surface area contributed by atoms with Crippen LogP contribution in [0, 0.1) is 23.2 Å². The van der Waals surface area contributed by atoms with Gasteiger partial charge in [-0.2, -0.15) is 0 Å². The lowest BCUT2D eigenvalue weighted by atomic mass is 9.49. The van der Waals surface area contributed by atoms with E-state index in [9.17, 15) is 14.4 Å². The molecule has 1 atom stereocenters. The zero-order valence-corrected chi connectivity index (χ0v) is 18.0. The van der Waals surface area contributed by atoms with Gasteiger partial charge in [-0.3, -0.25) is 14.4 Å². The van der Waals surface area contributed by atoms with Gasteiger partial charge in [0.2, 0.25) is 5.91 Å². The molecule has 6 heteroatoms.